The summed E-state index contributed by atoms with van der Waals surface area (Å²) in [6.07, 6.45) is 0.719. The number of ether oxygens (including phenoxy) is 2. The van der Waals surface area contributed by atoms with E-state index in [0.717, 1.165) is 12.0 Å². The van der Waals surface area contributed by atoms with E-state index < -0.39 is 5.91 Å². The Hall–Kier alpha value is -3.87. The summed E-state index contributed by atoms with van der Waals surface area (Å²) in [6.45, 7) is 0.647. The van der Waals surface area contributed by atoms with Gasteiger partial charge in [0.2, 0.25) is 6.79 Å². The van der Waals surface area contributed by atoms with Crippen LogP contribution in [0, 0.1) is 0 Å². The summed E-state index contributed by atoms with van der Waals surface area (Å²) in [5.41, 5.74) is 2.03. The van der Waals surface area contributed by atoms with E-state index in [1.54, 1.807) is 36.4 Å². The van der Waals surface area contributed by atoms with Gasteiger partial charge in [0, 0.05) is 18.3 Å². The molecule has 2 amide bonds. The summed E-state index contributed by atoms with van der Waals surface area (Å²) >= 11 is 0. The monoisotopic (exact) mass is 389 g/mol. The van der Waals surface area contributed by atoms with Crippen molar-refractivity contribution in [2.24, 2.45) is 0 Å². The van der Waals surface area contributed by atoms with Crippen molar-refractivity contribution >= 4 is 17.5 Å². The maximum Gasteiger partial charge on any atom is 0.274 e. The van der Waals surface area contributed by atoms with Crippen LogP contribution in [-0.4, -0.2) is 30.1 Å². The molecule has 7 nitrogen and oxygen atoms in total. The minimum Gasteiger partial charge on any atom is -0.454 e. The number of amides is 2. The molecule has 4 rings (SSSR count). The lowest BCUT2D eigenvalue weighted by molar-refractivity contribution is 0.0949. The van der Waals surface area contributed by atoms with Gasteiger partial charge in [0.25, 0.3) is 11.8 Å². The molecule has 1 aliphatic heterocycles. The molecule has 0 atom stereocenters. The second kappa shape index (κ2) is 8.43. The van der Waals surface area contributed by atoms with Crippen LogP contribution in [0.4, 0.5) is 5.69 Å². The molecule has 0 aliphatic carbocycles. The molecule has 0 unspecified atom stereocenters. The highest BCUT2D eigenvalue weighted by atomic mass is 16.7. The van der Waals surface area contributed by atoms with Crippen molar-refractivity contribution in [1.29, 1.82) is 0 Å². The maximum atomic E-state index is 12.5. The number of aromatic nitrogens is 1. The first-order chi connectivity index (χ1) is 14.2. The first kappa shape index (κ1) is 18.5. The molecule has 29 heavy (non-hydrogen) atoms. The third-order valence-electron chi connectivity index (χ3n) is 4.39. The van der Waals surface area contributed by atoms with E-state index in [9.17, 15) is 9.59 Å². The standard InChI is InChI=1S/C22H19N3O4/c26-21(23-12-11-15-5-2-1-3-6-15)17-7-4-8-18(25-17)22(27)24-16-9-10-19-20(13-16)29-14-28-19/h1-10,13H,11-12,14H2,(H,23,26)(H,24,27). The lowest BCUT2D eigenvalue weighted by atomic mass is 10.1. The predicted molar refractivity (Wildman–Crippen MR) is 107 cm³/mol. The lowest BCUT2D eigenvalue weighted by Gasteiger charge is -2.08. The highest BCUT2D eigenvalue weighted by Crippen LogP contribution is 2.34. The van der Waals surface area contributed by atoms with Crippen LogP contribution in [0.1, 0.15) is 26.5 Å². The van der Waals surface area contributed by atoms with Crippen LogP contribution in [0.3, 0.4) is 0 Å². The summed E-state index contributed by atoms with van der Waals surface area (Å²) in [5.74, 6) is 0.471. The van der Waals surface area contributed by atoms with Gasteiger partial charge >= 0.3 is 0 Å². The van der Waals surface area contributed by atoms with Crippen LogP contribution >= 0.6 is 0 Å². The Bertz CT molecular complexity index is 1040. The SMILES string of the molecule is O=C(NCCc1ccccc1)c1cccc(C(=O)Nc2ccc3c(c2)OCO3)n1. The zero-order valence-corrected chi connectivity index (χ0v) is 15.6. The number of fused-ring (bicyclic) bond motifs is 1. The fourth-order valence-corrected chi connectivity index (χ4v) is 2.91. The molecule has 146 valence electrons. The smallest absolute Gasteiger partial charge is 0.274 e. The Balaban J connectivity index is 1.37. The van der Waals surface area contributed by atoms with E-state index in [1.807, 2.05) is 30.3 Å². The summed E-state index contributed by atoms with van der Waals surface area (Å²) in [4.78, 5) is 29.1. The van der Waals surface area contributed by atoms with Gasteiger partial charge < -0.3 is 20.1 Å². The molecule has 2 heterocycles. The van der Waals surface area contributed by atoms with Gasteiger partial charge in [-0.1, -0.05) is 36.4 Å². The average molecular weight is 389 g/mol. The highest BCUT2D eigenvalue weighted by Gasteiger charge is 2.16. The largest absolute Gasteiger partial charge is 0.454 e. The fourth-order valence-electron chi connectivity index (χ4n) is 2.91. The van der Waals surface area contributed by atoms with Crippen molar-refractivity contribution in [3.63, 3.8) is 0 Å². The van der Waals surface area contributed by atoms with Crippen LogP contribution in [0.5, 0.6) is 11.5 Å². The zero-order valence-electron chi connectivity index (χ0n) is 15.6. The molecule has 0 saturated carbocycles. The predicted octanol–water partition coefficient (Wildman–Crippen LogP) is 3.04. The highest BCUT2D eigenvalue weighted by molar-refractivity contribution is 6.04. The summed E-state index contributed by atoms with van der Waals surface area (Å²) < 4.78 is 10.6. The molecule has 0 fully saturated rings. The molecule has 0 saturated heterocycles. The maximum absolute atomic E-state index is 12.5. The van der Waals surface area contributed by atoms with Crippen LogP contribution in [-0.2, 0) is 6.42 Å². The van der Waals surface area contributed by atoms with E-state index in [-0.39, 0.29) is 24.1 Å². The van der Waals surface area contributed by atoms with Crippen LogP contribution < -0.4 is 20.1 Å². The first-order valence-electron chi connectivity index (χ1n) is 9.19. The minimum atomic E-state index is -0.414. The van der Waals surface area contributed by atoms with E-state index >= 15 is 0 Å². The summed E-state index contributed by atoms with van der Waals surface area (Å²) in [7, 11) is 0. The summed E-state index contributed by atoms with van der Waals surface area (Å²) in [6, 6.07) is 19.8. The van der Waals surface area contributed by atoms with Gasteiger partial charge in [-0.2, -0.15) is 0 Å². The van der Waals surface area contributed by atoms with Crippen molar-refractivity contribution < 1.29 is 19.1 Å². The Kier molecular flexibility index (Phi) is 5.38. The Morgan fingerprint density at radius 1 is 0.862 bits per heavy atom. The molecule has 1 aromatic heterocycles. The van der Waals surface area contributed by atoms with E-state index in [2.05, 4.69) is 15.6 Å². The zero-order chi connectivity index (χ0) is 20.1. The normalized spacial score (nSPS) is 11.7. The number of carbonyl (C=O) groups excluding carboxylic acids is 2. The number of hydrogen-bond acceptors (Lipinski definition) is 5. The van der Waals surface area contributed by atoms with Crippen LogP contribution in [0.2, 0.25) is 0 Å². The first-order valence-corrected chi connectivity index (χ1v) is 9.19. The van der Waals surface area contributed by atoms with Crippen molar-refractivity contribution in [3.8, 4) is 11.5 Å². The number of rotatable bonds is 6. The van der Waals surface area contributed by atoms with Gasteiger partial charge in [0.1, 0.15) is 11.4 Å². The van der Waals surface area contributed by atoms with Crippen LogP contribution in [0.25, 0.3) is 0 Å². The van der Waals surface area contributed by atoms with Gasteiger partial charge in [-0.25, -0.2) is 4.98 Å². The molecule has 0 spiro atoms. The van der Waals surface area contributed by atoms with Crippen molar-refractivity contribution in [2.45, 2.75) is 6.42 Å². The minimum absolute atomic E-state index is 0.151. The number of pyridine rings is 1. The fraction of sp³-hybridized carbons (Fsp3) is 0.136. The molecule has 0 bridgehead atoms. The molecule has 3 aromatic rings. The van der Waals surface area contributed by atoms with E-state index in [1.165, 1.54) is 0 Å². The molecular weight excluding hydrogens is 370 g/mol. The van der Waals surface area contributed by atoms with Crippen molar-refractivity contribution in [1.82, 2.24) is 10.3 Å². The van der Waals surface area contributed by atoms with Gasteiger partial charge in [-0.15, -0.1) is 0 Å². The third kappa shape index (κ3) is 4.52. The Labute approximate surface area is 167 Å². The number of hydrogen-bond donors (Lipinski definition) is 2. The number of benzene rings is 2. The average Bonchev–Trinajstić information content (AvgIpc) is 3.22. The van der Waals surface area contributed by atoms with Gasteiger partial charge in [-0.3, -0.25) is 9.59 Å². The molecule has 2 N–H and O–H groups in total. The molecule has 2 aromatic carbocycles. The second-order valence-electron chi connectivity index (χ2n) is 6.42. The second-order valence-corrected chi connectivity index (χ2v) is 6.42. The van der Waals surface area contributed by atoms with Gasteiger partial charge in [-0.05, 0) is 36.2 Å². The Morgan fingerprint density at radius 3 is 2.45 bits per heavy atom. The van der Waals surface area contributed by atoms with Gasteiger partial charge in [0.05, 0.1) is 0 Å². The van der Waals surface area contributed by atoms with Crippen molar-refractivity contribution in [2.75, 3.05) is 18.7 Å². The molecule has 7 heteroatoms. The number of nitrogens with zero attached hydrogens (tertiary/aromatic N) is 1. The van der Waals surface area contributed by atoms with Crippen molar-refractivity contribution in [3.05, 3.63) is 83.7 Å². The Morgan fingerprint density at radius 2 is 1.62 bits per heavy atom. The number of nitrogens with one attached hydrogen (secondary N) is 2. The van der Waals surface area contributed by atoms with E-state index in [0.29, 0.717) is 23.7 Å². The molecule has 1 aliphatic rings. The molecular formula is C22H19N3O4. The lowest BCUT2D eigenvalue weighted by Crippen LogP contribution is -2.27. The quantitative estimate of drug-likeness (QED) is 0.676. The number of carbonyl (C=O) groups is 2. The van der Waals surface area contributed by atoms with Gasteiger partial charge in [0.15, 0.2) is 11.5 Å². The van der Waals surface area contributed by atoms with E-state index in [4.69, 9.17) is 9.47 Å². The number of anilines is 1. The molecule has 0 radical (unpaired) electrons. The topological polar surface area (TPSA) is 89.6 Å². The third-order valence-corrected chi connectivity index (χ3v) is 4.39. The van der Waals surface area contributed by atoms with Crippen LogP contribution in [0.15, 0.2) is 66.7 Å². The summed E-state index contributed by atoms with van der Waals surface area (Å²) in [5, 5.41) is 5.58.